The van der Waals surface area contributed by atoms with Crippen molar-refractivity contribution in [3.63, 3.8) is 0 Å². The minimum Gasteiger partial charge on any atom is -0.379 e. The van der Waals surface area contributed by atoms with Crippen LogP contribution in [0.15, 0.2) is 42.5 Å². The topological polar surface area (TPSA) is 238 Å². The Labute approximate surface area is 419 Å². The fourth-order valence-corrected chi connectivity index (χ4v) is 11.6. The molecular formula is C51H77N7O12S. The molecule has 0 radical (unpaired) electrons. The van der Waals surface area contributed by atoms with Crippen LogP contribution in [-0.2, 0) is 64.3 Å². The van der Waals surface area contributed by atoms with E-state index in [2.05, 4.69) is 10.6 Å². The van der Waals surface area contributed by atoms with Crippen LogP contribution in [0.1, 0.15) is 111 Å². The molecule has 1 aromatic carbocycles. The lowest BCUT2D eigenvalue weighted by Gasteiger charge is -2.41. The van der Waals surface area contributed by atoms with Gasteiger partial charge in [0.1, 0.15) is 18.1 Å². The van der Waals surface area contributed by atoms with E-state index in [1.807, 2.05) is 32.4 Å². The highest BCUT2D eigenvalue weighted by Gasteiger charge is 2.52. The van der Waals surface area contributed by atoms with Gasteiger partial charge in [-0.15, -0.1) is 0 Å². The normalized spacial score (nSPS) is 22.8. The van der Waals surface area contributed by atoms with Gasteiger partial charge >= 0.3 is 0 Å². The standard InChI is InChI=1S/C51H77N7O12S/c1-10-32(4)45(55(6)51(66)44(31(2)3)53-50(65)46-35-22-23-36(29-35)58(46)42(61)21-15-12-16-26-57-40(59)24-25-41(57)60)39(69-7)30-43(62)56-27-17-20-38(56)47(70-8)33(5)48(63)52-37(49(64)54-71(9,67)68)28-34-18-13-11-14-19-34/h11,13-14,18-19,24-25,31-33,35-39,44-47H,10,12,15-17,20-23,26-30H2,1-9H3,(H,52,63)(H,53,65)(H,54,64). The van der Waals surface area contributed by atoms with Gasteiger partial charge in [-0.3, -0.25) is 48.0 Å². The van der Waals surface area contributed by atoms with E-state index in [9.17, 15) is 46.8 Å². The van der Waals surface area contributed by atoms with Crippen molar-refractivity contribution in [1.82, 2.24) is 35.0 Å². The zero-order valence-corrected chi connectivity index (χ0v) is 43.8. The fourth-order valence-electron chi connectivity index (χ4n) is 11.1. The van der Waals surface area contributed by atoms with Crippen LogP contribution in [0, 0.1) is 23.7 Å². The van der Waals surface area contributed by atoms with Gasteiger partial charge in [0.25, 0.3) is 17.7 Å². The fraction of sp³-hybridized carbons (Fsp3) is 0.686. The van der Waals surface area contributed by atoms with E-state index in [1.54, 1.807) is 59.0 Å². The number of carbonyl (C=O) groups is 8. The zero-order valence-electron chi connectivity index (χ0n) is 43.0. The molecule has 3 aliphatic heterocycles. The number of unbranched alkanes of at least 4 members (excludes halogenated alkanes) is 2. The highest BCUT2D eigenvalue weighted by Crippen LogP contribution is 2.43. The highest BCUT2D eigenvalue weighted by molar-refractivity contribution is 7.89. The van der Waals surface area contributed by atoms with Gasteiger partial charge in [-0.25, -0.2) is 8.42 Å². The zero-order chi connectivity index (χ0) is 52.3. The Balaban J connectivity index is 1.24. The Morgan fingerprint density at radius 2 is 1.54 bits per heavy atom. The van der Waals surface area contributed by atoms with Crippen molar-refractivity contribution in [2.24, 2.45) is 23.7 Å². The number of likely N-dealkylation sites (tertiary alicyclic amines) is 2. The summed E-state index contributed by atoms with van der Waals surface area (Å²) in [5.41, 5.74) is 0.703. The average molecular weight is 1010 g/mol. The number of benzene rings is 1. The van der Waals surface area contributed by atoms with Crippen LogP contribution in [0.2, 0.25) is 0 Å². The third-order valence-electron chi connectivity index (χ3n) is 15.0. The Kier molecular flexibility index (Phi) is 20.3. The molecule has 0 aromatic heterocycles. The molecule has 1 saturated carbocycles. The molecule has 1 aliphatic carbocycles. The number of piperidine rings is 1. The minimum absolute atomic E-state index is 0.0295. The number of rotatable bonds is 26. The maximum Gasteiger partial charge on any atom is 0.256 e. The molecule has 0 spiro atoms. The van der Waals surface area contributed by atoms with E-state index in [0.717, 1.165) is 19.1 Å². The molecule has 2 bridgehead atoms. The number of methoxy groups -OCH3 is 2. The van der Waals surface area contributed by atoms with E-state index in [4.69, 9.17) is 9.47 Å². The summed E-state index contributed by atoms with van der Waals surface area (Å²) in [6.45, 7) is 9.98. The minimum atomic E-state index is -3.93. The van der Waals surface area contributed by atoms with Crippen LogP contribution in [-0.4, -0.2) is 164 Å². The number of nitrogens with zero attached hydrogens (tertiary/aromatic N) is 4. The quantitative estimate of drug-likeness (QED) is 0.0898. The number of amides is 8. The molecule has 3 N–H and O–H groups in total. The maximum atomic E-state index is 14.7. The molecular weight excluding hydrogens is 935 g/mol. The summed E-state index contributed by atoms with van der Waals surface area (Å²) in [5, 5.41) is 5.78. The number of nitrogens with one attached hydrogen (secondary N) is 3. The molecule has 11 unspecified atom stereocenters. The molecule has 2 saturated heterocycles. The van der Waals surface area contributed by atoms with Crippen molar-refractivity contribution in [3.8, 4) is 0 Å². The number of ether oxygens (including phenoxy) is 2. The average Bonchev–Trinajstić information content (AvgIpc) is 4.15. The van der Waals surface area contributed by atoms with Crippen molar-refractivity contribution in [1.29, 1.82) is 0 Å². The van der Waals surface area contributed by atoms with Gasteiger partial charge in [-0.2, -0.15) is 0 Å². The van der Waals surface area contributed by atoms with Gasteiger partial charge in [-0.1, -0.05) is 77.8 Å². The van der Waals surface area contributed by atoms with Gasteiger partial charge < -0.3 is 34.8 Å². The highest BCUT2D eigenvalue weighted by atomic mass is 32.2. The smallest absolute Gasteiger partial charge is 0.256 e. The second-order valence-electron chi connectivity index (χ2n) is 20.3. The predicted molar refractivity (Wildman–Crippen MR) is 264 cm³/mol. The summed E-state index contributed by atoms with van der Waals surface area (Å²) in [4.78, 5) is 114. The lowest BCUT2D eigenvalue weighted by atomic mass is 9.89. The van der Waals surface area contributed by atoms with Gasteiger partial charge in [0.15, 0.2) is 0 Å². The van der Waals surface area contributed by atoms with Gasteiger partial charge in [0.2, 0.25) is 39.6 Å². The number of fused-ring (bicyclic) bond motifs is 2. The number of sulfonamides is 1. The lowest BCUT2D eigenvalue weighted by Crippen LogP contribution is -2.60. The van der Waals surface area contributed by atoms with E-state index < -0.39 is 70.2 Å². The number of hydrogen-bond acceptors (Lipinski definition) is 12. The molecule has 20 heteroatoms. The first-order chi connectivity index (χ1) is 33.6. The van der Waals surface area contributed by atoms with Crippen LogP contribution in [0.25, 0.3) is 0 Å². The van der Waals surface area contributed by atoms with Gasteiger partial charge in [-0.05, 0) is 68.3 Å². The Bertz CT molecular complexity index is 2210. The monoisotopic (exact) mass is 1010 g/mol. The van der Waals surface area contributed by atoms with Gasteiger partial charge in [0.05, 0.1) is 42.9 Å². The molecule has 1 aromatic rings. The molecule has 19 nitrogen and oxygen atoms in total. The van der Waals surface area contributed by atoms with E-state index in [0.29, 0.717) is 57.1 Å². The number of hydrogen-bond donors (Lipinski definition) is 3. The summed E-state index contributed by atoms with van der Waals surface area (Å²) >= 11 is 0. The third-order valence-corrected chi connectivity index (χ3v) is 15.6. The third kappa shape index (κ3) is 14.3. The number of carbonyl (C=O) groups excluding carboxylic acids is 8. The molecule has 4 aliphatic rings. The summed E-state index contributed by atoms with van der Waals surface area (Å²) in [6, 6.07) is 4.81. The largest absolute Gasteiger partial charge is 0.379 e. The van der Waals surface area contributed by atoms with Crippen molar-refractivity contribution in [3.05, 3.63) is 48.0 Å². The summed E-state index contributed by atoms with van der Waals surface area (Å²) < 4.78 is 38.0. The first kappa shape index (κ1) is 56.7. The van der Waals surface area contributed by atoms with E-state index >= 15 is 0 Å². The maximum absolute atomic E-state index is 14.7. The Hall–Kier alpha value is -5.21. The van der Waals surface area contributed by atoms with Crippen molar-refractivity contribution in [2.75, 3.05) is 40.6 Å². The Morgan fingerprint density at radius 1 is 0.859 bits per heavy atom. The second-order valence-corrected chi connectivity index (χ2v) is 22.0. The summed E-state index contributed by atoms with van der Waals surface area (Å²) in [5.74, 6) is -4.62. The number of likely N-dealkylation sites (N-methyl/N-ethyl adjacent to an activating group) is 1. The second kappa shape index (κ2) is 25.4. The van der Waals surface area contributed by atoms with Crippen LogP contribution >= 0.6 is 0 Å². The number of imide groups is 1. The molecule has 71 heavy (non-hydrogen) atoms. The molecule has 11 atom stereocenters. The van der Waals surface area contributed by atoms with Gasteiger partial charge in [0, 0.05) is 65.4 Å². The van der Waals surface area contributed by atoms with Crippen molar-refractivity contribution >= 4 is 57.3 Å². The SMILES string of the molecule is CCC(C)C(C(CC(=O)N1CCCC1C(OC)C(C)C(=O)NC(Cc1ccccc1)C(=O)NS(C)(=O)=O)OC)N(C)C(=O)C(NC(=O)C1C2CCC(C2)N1C(=O)CCCCCN1C(=O)C=CC1=O)C(C)C. The first-order valence-electron chi connectivity index (χ1n) is 25.2. The molecule has 8 amide bonds. The summed E-state index contributed by atoms with van der Waals surface area (Å²) in [7, 11) is 0.688. The molecule has 3 fully saturated rings. The van der Waals surface area contributed by atoms with Crippen molar-refractivity contribution in [2.45, 2.75) is 160 Å². The van der Waals surface area contributed by atoms with Crippen LogP contribution in [0.5, 0.6) is 0 Å². The molecule has 3 heterocycles. The van der Waals surface area contributed by atoms with E-state index in [1.165, 1.54) is 31.3 Å². The van der Waals surface area contributed by atoms with Crippen molar-refractivity contribution < 1.29 is 56.2 Å². The first-order valence-corrected chi connectivity index (χ1v) is 27.1. The van der Waals surface area contributed by atoms with E-state index in [-0.39, 0.29) is 85.0 Å². The van der Waals surface area contributed by atoms with Crippen LogP contribution < -0.4 is 15.4 Å². The Morgan fingerprint density at radius 3 is 2.14 bits per heavy atom. The molecule has 5 rings (SSSR count). The molecule has 394 valence electrons. The van der Waals surface area contributed by atoms with Crippen LogP contribution in [0.3, 0.4) is 0 Å². The van der Waals surface area contributed by atoms with Crippen LogP contribution in [0.4, 0.5) is 0 Å². The predicted octanol–water partition coefficient (Wildman–Crippen LogP) is 2.72. The summed E-state index contributed by atoms with van der Waals surface area (Å²) in [6.07, 6.45) is 7.80. The lowest BCUT2D eigenvalue weighted by molar-refractivity contribution is -0.149.